The molecule has 0 unspecified atom stereocenters. The van der Waals surface area contributed by atoms with Gasteiger partial charge in [-0.25, -0.2) is 4.99 Å². The Kier molecular flexibility index (Phi) is 7.87. The molecule has 33 heavy (non-hydrogen) atoms. The summed E-state index contributed by atoms with van der Waals surface area (Å²) in [6.45, 7) is 9.47. The lowest BCUT2D eigenvalue weighted by atomic mass is 10.1. The number of benzene rings is 2. The van der Waals surface area contributed by atoms with Crippen molar-refractivity contribution in [3.63, 3.8) is 0 Å². The van der Waals surface area contributed by atoms with Gasteiger partial charge in [0.15, 0.2) is 0 Å². The molecular weight excluding hydrogens is 412 g/mol. The molecule has 3 aromatic rings. The van der Waals surface area contributed by atoms with Crippen molar-refractivity contribution >= 4 is 23.2 Å². The van der Waals surface area contributed by atoms with Gasteiger partial charge in [0, 0.05) is 48.8 Å². The van der Waals surface area contributed by atoms with Crippen LogP contribution in [-0.4, -0.2) is 35.7 Å². The number of nitrogens with zero attached hydrogens (tertiary/aromatic N) is 4. The van der Waals surface area contributed by atoms with Crippen LogP contribution in [-0.2, 0) is 19.5 Å². The number of rotatable bonds is 7. The molecule has 7 heteroatoms. The second-order valence-corrected chi connectivity index (χ2v) is 8.21. The van der Waals surface area contributed by atoms with Crippen LogP contribution in [0, 0.1) is 13.8 Å². The minimum Gasteiger partial charge on any atom is -0.378 e. The Labute approximate surface area is 196 Å². The molecule has 0 saturated carbocycles. The monoisotopic (exact) mass is 446 g/mol. The molecule has 0 atom stereocenters. The van der Waals surface area contributed by atoms with Crippen molar-refractivity contribution in [2.75, 3.05) is 24.3 Å². The summed E-state index contributed by atoms with van der Waals surface area (Å²) in [5.74, 6) is 0.195. The summed E-state index contributed by atoms with van der Waals surface area (Å²) in [6.07, 6.45) is 0.931. The SMILES string of the molecule is CCc1cccc(NC(=NCc2c(C)nn(CC)c2C)NC(=O)c2cccc(N(C)C)c2)c1. The number of aliphatic imine (C=N–C) groups is 1. The van der Waals surface area contributed by atoms with E-state index in [-0.39, 0.29) is 5.91 Å². The van der Waals surface area contributed by atoms with E-state index in [0.29, 0.717) is 18.1 Å². The Bertz CT molecular complexity index is 1150. The molecule has 1 heterocycles. The summed E-state index contributed by atoms with van der Waals surface area (Å²) in [7, 11) is 3.90. The highest BCUT2D eigenvalue weighted by Gasteiger charge is 2.13. The van der Waals surface area contributed by atoms with E-state index in [9.17, 15) is 4.79 Å². The minimum absolute atomic E-state index is 0.214. The smallest absolute Gasteiger partial charge is 0.258 e. The van der Waals surface area contributed by atoms with Crippen LogP contribution in [0.1, 0.15) is 46.7 Å². The van der Waals surface area contributed by atoms with Crippen LogP contribution >= 0.6 is 0 Å². The molecular formula is C26H34N6O. The molecule has 2 aromatic carbocycles. The standard InChI is InChI=1S/C26H34N6O/c1-7-20-11-9-13-22(15-20)28-26(27-17-24-18(3)30-32(8-2)19(24)4)29-25(33)21-12-10-14-23(16-21)31(5)6/h9-16H,7-8,17H2,1-6H3,(H2,27,28,29,33). The summed E-state index contributed by atoms with van der Waals surface area (Å²) in [4.78, 5) is 19.8. The van der Waals surface area contributed by atoms with E-state index in [1.807, 2.05) is 60.9 Å². The normalized spacial score (nSPS) is 11.4. The predicted molar refractivity (Wildman–Crippen MR) is 136 cm³/mol. The second-order valence-electron chi connectivity index (χ2n) is 8.21. The molecule has 0 bridgehead atoms. The van der Waals surface area contributed by atoms with Gasteiger partial charge < -0.3 is 10.2 Å². The average molecular weight is 447 g/mol. The molecule has 0 saturated heterocycles. The summed E-state index contributed by atoms with van der Waals surface area (Å²) in [6, 6.07) is 15.6. The maximum Gasteiger partial charge on any atom is 0.258 e. The summed E-state index contributed by atoms with van der Waals surface area (Å²) >= 11 is 0. The van der Waals surface area contributed by atoms with Gasteiger partial charge >= 0.3 is 0 Å². The summed E-state index contributed by atoms with van der Waals surface area (Å²) < 4.78 is 1.98. The van der Waals surface area contributed by atoms with Crippen molar-refractivity contribution in [2.45, 2.75) is 47.2 Å². The van der Waals surface area contributed by atoms with Crippen molar-refractivity contribution < 1.29 is 4.79 Å². The molecule has 7 nitrogen and oxygen atoms in total. The molecule has 1 aromatic heterocycles. The van der Waals surface area contributed by atoms with Crippen LogP contribution in [0.2, 0.25) is 0 Å². The van der Waals surface area contributed by atoms with Gasteiger partial charge in [-0.2, -0.15) is 5.10 Å². The predicted octanol–water partition coefficient (Wildman–Crippen LogP) is 4.55. The van der Waals surface area contributed by atoms with Gasteiger partial charge in [-0.1, -0.05) is 25.1 Å². The number of hydrogen-bond donors (Lipinski definition) is 2. The largest absolute Gasteiger partial charge is 0.378 e. The lowest BCUT2D eigenvalue weighted by molar-refractivity contribution is 0.0977. The van der Waals surface area contributed by atoms with E-state index >= 15 is 0 Å². The molecule has 0 fully saturated rings. The first-order valence-electron chi connectivity index (χ1n) is 11.3. The van der Waals surface area contributed by atoms with Crippen LogP contribution in [0.25, 0.3) is 0 Å². The number of carbonyl (C=O) groups is 1. The van der Waals surface area contributed by atoms with Crippen molar-refractivity contribution in [3.8, 4) is 0 Å². The van der Waals surface area contributed by atoms with E-state index in [0.717, 1.165) is 41.3 Å². The van der Waals surface area contributed by atoms with Gasteiger partial charge in [0.25, 0.3) is 5.91 Å². The van der Waals surface area contributed by atoms with Crippen molar-refractivity contribution in [2.24, 2.45) is 4.99 Å². The Morgan fingerprint density at radius 1 is 1.09 bits per heavy atom. The molecule has 0 aliphatic carbocycles. The number of amides is 1. The van der Waals surface area contributed by atoms with Gasteiger partial charge in [0.05, 0.1) is 12.2 Å². The van der Waals surface area contributed by atoms with Gasteiger partial charge in [0.1, 0.15) is 0 Å². The minimum atomic E-state index is -0.214. The zero-order valence-corrected chi connectivity index (χ0v) is 20.4. The van der Waals surface area contributed by atoms with Gasteiger partial charge in [-0.05, 0) is 63.1 Å². The number of nitrogens with one attached hydrogen (secondary N) is 2. The first-order valence-corrected chi connectivity index (χ1v) is 11.3. The third-order valence-corrected chi connectivity index (χ3v) is 5.68. The fraction of sp³-hybridized carbons (Fsp3) is 0.346. The molecule has 0 radical (unpaired) electrons. The number of aromatic nitrogens is 2. The topological polar surface area (TPSA) is 74.5 Å². The highest BCUT2D eigenvalue weighted by Crippen LogP contribution is 2.16. The Hall–Kier alpha value is -3.61. The van der Waals surface area contributed by atoms with Crippen LogP contribution in [0.5, 0.6) is 0 Å². The molecule has 1 amide bonds. The fourth-order valence-corrected chi connectivity index (χ4v) is 3.65. The van der Waals surface area contributed by atoms with E-state index in [2.05, 4.69) is 48.6 Å². The fourth-order valence-electron chi connectivity index (χ4n) is 3.65. The Morgan fingerprint density at radius 3 is 2.52 bits per heavy atom. The Morgan fingerprint density at radius 2 is 1.85 bits per heavy atom. The van der Waals surface area contributed by atoms with Crippen molar-refractivity contribution in [3.05, 3.63) is 76.6 Å². The summed E-state index contributed by atoms with van der Waals surface area (Å²) in [5.41, 5.74) is 6.74. The third kappa shape index (κ3) is 6.00. The molecule has 0 spiro atoms. The van der Waals surface area contributed by atoms with E-state index in [1.165, 1.54) is 5.56 Å². The number of guanidine groups is 1. The zero-order chi connectivity index (χ0) is 24.0. The van der Waals surface area contributed by atoms with Gasteiger partial charge in [0.2, 0.25) is 5.96 Å². The third-order valence-electron chi connectivity index (χ3n) is 5.68. The highest BCUT2D eigenvalue weighted by atomic mass is 16.1. The first-order chi connectivity index (χ1) is 15.8. The lowest BCUT2D eigenvalue weighted by Gasteiger charge is -2.15. The highest BCUT2D eigenvalue weighted by molar-refractivity contribution is 6.10. The van der Waals surface area contributed by atoms with Crippen LogP contribution in [0.3, 0.4) is 0 Å². The maximum atomic E-state index is 13.1. The number of aryl methyl sites for hydroxylation is 3. The molecule has 0 aliphatic heterocycles. The Balaban J connectivity index is 1.89. The molecule has 2 N–H and O–H groups in total. The van der Waals surface area contributed by atoms with Crippen LogP contribution in [0.15, 0.2) is 53.5 Å². The van der Waals surface area contributed by atoms with E-state index in [4.69, 9.17) is 4.99 Å². The van der Waals surface area contributed by atoms with Crippen LogP contribution in [0.4, 0.5) is 11.4 Å². The number of hydrogen-bond acceptors (Lipinski definition) is 4. The van der Waals surface area contributed by atoms with Gasteiger partial charge in [-0.3, -0.25) is 14.8 Å². The number of anilines is 2. The first kappa shape index (κ1) is 24.0. The van der Waals surface area contributed by atoms with Crippen LogP contribution < -0.4 is 15.5 Å². The van der Waals surface area contributed by atoms with Crippen molar-refractivity contribution in [1.29, 1.82) is 0 Å². The molecule has 3 rings (SSSR count). The quantitative estimate of drug-likeness (QED) is 0.413. The molecule has 0 aliphatic rings. The van der Waals surface area contributed by atoms with E-state index in [1.54, 1.807) is 6.07 Å². The van der Waals surface area contributed by atoms with Crippen molar-refractivity contribution in [1.82, 2.24) is 15.1 Å². The van der Waals surface area contributed by atoms with E-state index < -0.39 is 0 Å². The zero-order valence-electron chi connectivity index (χ0n) is 20.4. The second kappa shape index (κ2) is 10.8. The number of carbonyl (C=O) groups excluding carboxylic acids is 1. The molecule has 174 valence electrons. The maximum absolute atomic E-state index is 13.1. The average Bonchev–Trinajstić information content (AvgIpc) is 3.09. The summed E-state index contributed by atoms with van der Waals surface area (Å²) in [5, 5.41) is 10.9. The van der Waals surface area contributed by atoms with Gasteiger partial charge in [-0.15, -0.1) is 0 Å². The lowest BCUT2D eigenvalue weighted by Crippen LogP contribution is -2.36.